The van der Waals surface area contributed by atoms with E-state index in [-0.39, 0.29) is 36.6 Å². The molecule has 0 spiro atoms. The molecule has 1 saturated heterocycles. The number of likely N-dealkylation sites (tertiary alicyclic amines) is 1. The molecule has 0 saturated carbocycles. The van der Waals surface area contributed by atoms with Crippen molar-refractivity contribution in [2.24, 2.45) is 10.9 Å². The number of carbonyl (C=O) groups excluding carboxylic acids is 2. The second-order valence-corrected chi connectivity index (χ2v) is 11.3. The third-order valence-electron chi connectivity index (χ3n) is 7.37. The molecule has 0 bridgehead atoms. The minimum atomic E-state index is -1.08. The fraction of sp³-hybridized carbons (Fsp3) is 0.440. The van der Waals surface area contributed by atoms with Crippen LogP contribution in [0.5, 0.6) is 0 Å². The average Bonchev–Trinajstić information content (AvgIpc) is 3.67. The van der Waals surface area contributed by atoms with Gasteiger partial charge in [0.2, 0.25) is 11.8 Å². The minimum Gasteiger partial charge on any atom is -0.391 e. The Bertz CT molecular complexity index is 1390. The highest BCUT2D eigenvalue weighted by Gasteiger charge is 2.48. The molecule has 1 fully saturated rings. The van der Waals surface area contributed by atoms with Crippen molar-refractivity contribution in [2.45, 2.75) is 57.7 Å². The molecule has 1 aromatic carbocycles. The Labute approximate surface area is 226 Å². The minimum absolute atomic E-state index is 0.114. The smallest absolute Gasteiger partial charge is 0.277 e. The number of hydrogen-bond acceptors (Lipinski definition) is 9. The number of aromatic nitrogens is 3. The van der Waals surface area contributed by atoms with Crippen LogP contribution in [0.4, 0.5) is 0 Å². The molecule has 2 amide bonds. The predicted molar refractivity (Wildman–Crippen MR) is 149 cm³/mol. The normalized spacial score (nSPS) is 24.0. The van der Waals surface area contributed by atoms with Gasteiger partial charge in [0.1, 0.15) is 23.0 Å². The van der Waals surface area contributed by atoms with E-state index in [1.54, 1.807) is 23.2 Å². The highest BCUT2D eigenvalue weighted by molar-refractivity contribution is 7.13. The number of rotatable bonds is 7. The van der Waals surface area contributed by atoms with Crippen LogP contribution in [0.2, 0.25) is 0 Å². The maximum atomic E-state index is 13.8. The van der Waals surface area contributed by atoms with E-state index >= 15 is 0 Å². The van der Waals surface area contributed by atoms with Crippen LogP contribution in [0.3, 0.4) is 0 Å². The molecule has 2 aliphatic heterocycles. The molecular formula is C25H30B2N6O4S. The number of aliphatic hydroxyl groups excluding tert-OH is 1. The van der Waals surface area contributed by atoms with Crippen molar-refractivity contribution in [3.63, 3.8) is 0 Å². The average molecular weight is 532 g/mol. The van der Waals surface area contributed by atoms with Crippen molar-refractivity contribution >= 4 is 49.6 Å². The van der Waals surface area contributed by atoms with E-state index in [0.29, 0.717) is 18.7 Å². The largest absolute Gasteiger partial charge is 0.391 e. The van der Waals surface area contributed by atoms with Crippen molar-refractivity contribution < 1.29 is 19.2 Å². The Balaban J connectivity index is 1.39. The number of β-amino-alcohol motifs (C(OH)–C–C–N with tert-alkyl or cyclic N) is 1. The van der Waals surface area contributed by atoms with Gasteiger partial charge < -0.3 is 19.8 Å². The van der Waals surface area contributed by atoms with Crippen LogP contribution in [-0.2, 0) is 15.1 Å². The fourth-order valence-corrected chi connectivity index (χ4v) is 5.97. The van der Waals surface area contributed by atoms with Gasteiger partial charge in [0, 0.05) is 13.0 Å². The zero-order valence-electron chi connectivity index (χ0n) is 22.1. The molecule has 10 nitrogen and oxygen atoms in total. The lowest BCUT2D eigenvalue weighted by atomic mass is 9.55. The first-order valence-corrected chi connectivity index (χ1v) is 13.7. The lowest BCUT2D eigenvalue weighted by molar-refractivity contribution is -0.134. The van der Waals surface area contributed by atoms with E-state index in [1.165, 1.54) is 0 Å². The summed E-state index contributed by atoms with van der Waals surface area (Å²) in [5.74, 6) is -0.706. The van der Waals surface area contributed by atoms with Gasteiger partial charge in [-0.25, -0.2) is 9.97 Å². The summed E-state index contributed by atoms with van der Waals surface area (Å²) >= 11 is 1.57. The summed E-state index contributed by atoms with van der Waals surface area (Å²) in [7, 11) is 2.51. The summed E-state index contributed by atoms with van der Waals surface area (Å²) in [6.45, 7) is 7.73. The first-order chi connectivity index (χ1) is 18.1. The molecule has 4 atom stereocenters. The van der Waals surface area contributed by atoms with Gasteiger partial charge in [-0.1, -0.05) is 43.3 Å². The van der Waals surface area contributed by atoms with Crippen LogP contribution >= 0.6 is 11.3 Å². The number of benzene rings is 1. The van der Waals surface area contributed by atoms with Gasteiger partial charge in [0.25, 0.3) is 5.91 Å². The summed E-state index contributed by atoms with van der Waals surface area (Å²) in [5.41, 5.74) is 4.03. The van der Waals surface area contributed by atoms with E-state index in [2.05, 4.69) is 25.4 Å². The summed E-state index contributed by atoms with van der Waals surface area (Å²) in [6.07, 6.45) is -0.460. The number of aliphatic imine (C=N–C) groups is 1. The van der Waals surface area contributed by atoms with Gasteiger partial charge in [-0.3, -0.25) is 9.59 Å². The number of amides is 2. The number of aliphatic hydroxyl groups is 1. The fourth-order valence-electron chi connectivity index (χ4n) is 5.15. The molecule has 2 aliphatic rings. The van der Waals surface area contributed by atoms with Crippen molar-refractivity contribution in [3.8, 4) is 10.4 Å². The first kappa shape index (κ1) is 26.3. The van der Waals surface area contributed by atoms with Gasteiger partial charge in [-0.15, -0.1) is 11.3 Å². The van der Waals surface area contributed by atoms with E-state index in [9.17, 15) is 14.7 Å². The molecule has 13 heteroatoms. The molecule has 0 aliphatic carbocycles. The lowest BCUT2D eigenvalue weighted by Gasteiger charge is -2.30. The van der Waals surface area contributed by atoms with Gasteiger partial charge in [-0.05, 0) is 30.9 Å². The zero-order valence-corrected chi connectivity index (χ0v) is 23.0. The highest BCUT2D eigenvalue weighted by atomic mass is 32.1. The van der Waals surface area contributed by atoms with Gasteiger partial charge in [0.05, 0.1) is 36.0 Å². The molecule has 196 valence electrons. The maximum Gasteiger partial charge on any atom is 0.277 e. The highest BCUT2D eigenvalue weighted by Crippen LogP contribution is 2.34. The Morgan fingerprint density at radius 3 is 2.68 bits per heavy atom. The Hall–Kier alpha value is -3.31. The summed E-state index contributed by atoms with van der Waals surface area (Å²) in [4.78, 5) is 42.8. The lowest BCUT2D eigenvalue weighted by Crippen LogP contribution is -2.51. The summed E-state index contributed by atoms with van der Waals surface area (Å²) in [6, 6.07) is 7.22. The summed E-state index contributed by atoms with van der Waals surface area (Å²) in [5, 5.41) is 17.8. The molecule has 38 heavy (non-hydrogen) atoms. The molecular weight excluding hydrogens is 502 g/mol. The number of amidine groups is 1. The van der Waals surface area contributed by atoms with Crippen molar-refractivity contribution in [1.29, 1.82) is 0 Å². The molecule has 5 rings (SSSR count). The van der Waals surface area contributed by atoms with Crippen molar-refractivity contribution in [1.82, 2.24) is 25.3 Å². The van der Waals surface area contributed by atoms with Gasteiger partial charge in [0.15, 0.2) is 7.17 Å². The molecule has 2 unspecified atom stereocenters. The van der Waals surface area contributed by atoms with Crippen LogP contribution < -0.4 is 11.0 Å². The maximum absolute atomic E-state index is 13.8. The van der Waals surface area contributed by atoms with Crippen molar-refractivity contribution in [2.75, 3.05) is 6.54 Å². The van der Waals surface area contributed by atoms with E-state index in [4.69, 9.17) is 4.52 Å². The third-order valence-corrected chi connectivity index (χ3v) is 8.35. The van der Waals surface area contributed by atoms with E-state index < -0.39 is 23.6 Å². The van der Waals surface area contributed by atoms with Crippen LogP contribution in [0.25, 0.3) is 10.4 Å². The number of nitrogens with one attached hydrogen (secondary N) is 1. The Morgan fingerprint density at radius 1 is 1.34 bits per heavy atom. The molecule has 4 heterocycles. The summed E-state index contributed by atoms with van der Waals surface area (Å²) < 4.78 is 5.42. The Kier molecular flexibility index (Phi) is 6.99. The standard InChI is InChI=1S/C25H30B2N6O4S/c1-12(2)18(21-30-24(27-26)32-37-21)22(35)33-10-16(34)9-17(33)20-29-23(36)25(4,31-20)15-7-5-14(6-8-15)19-13(3)28-11-38-19/h5-8,11-12,16-18,27,34H,9-10,26H2,1-4H3,(H,29,31,36)/t16-,17?,18?,25+/m1/s1. The van der Waals surface area contributed by atoms with Crippen LogP contribution in [0.1, 0.15) is 50.3 Å². The van der Waals surface area contributed by atoms with Crippen LogP contribution in [0.15, 0.2) is 39.3 Å². The molecule has 2 aromatic heterocycles. The number of carbonyl (C=O) groups is 2. The van der Waals surface area contributed by atoms with Gasteiger partial charge >= 0.3 is 0 Å². The van der Waals surface area contributed by atoms with Crippen LogP contribution in [-0.4, -0.2) is 76.4 Å². The predicted octanol–water partition coefficient (Wildman–Crippen LogP) is 0.257. The number of aryl methyl sites for hydroxylation is 1. The van der Waals surface area contributed by atoms with Gasteiger partial charge in [-0.2, -0.15) is 4.99 Å². The van der Waals surface area contributed by atoms with E-state index in [0.717, 1.165) is 21.7 Å². The molecule has 0 radical (unpaired) electrons. The Morgan fingerprint density at radius 2 is 2.08 bits per heavy atom. The second kappa shape index (κ2) is 10.1. The molecule has 3 aromatic rings. The monoisotopic (exact) mass is 532 g/mol. The number of hydrogen-bond donors (Lipinski definition) is 2. The third kappa shape index (κ3) is 4.58. The van der Waals surface area contributed by atoms with Crippen LogP contribution in [0, 0.1) is 12.8 Å². The topological polar surface area (TPSA) is 134 Å². The number of nitrogens with zero attached hydrogens (tertiary/aromatic N) is 5. The van der Waals surface area contributed by atoms with Crippen molar-refractivity contribution in [3.05, 3.63) is 46.9 Å². The first-order valence-electron chi connectivity index (χ1n) is 12.9. The van der Waals surface area contributed by atoms with E-state index in [1.807, 2.05) is 58.3 Å². The number of thiazole rings is 1. The zero-order chi connectivity index (χ0) is 27.2. The quantitative estimate of drug-likeness (QED) is 0.414. The SMILES string of the molecule is BBc1noc(C(C(=O)N2C[C@H](O)CC2C2=NC(=O)[C@](C)(c3ccc(-c4scnc4C)cc3)N2)C(C)C)n1. The molecule has 2 N–H and O–H groups in total. The second-order valence-electron chi connectivity index (χ2n) is 10.4.